The van der Waals surface area contributed by atoms with Crippen LogP contribution in [0.25, 0.3) is 16.7 Å². The summed E-state index contributed by atoms with van der Waals surface area (Å²) >= 11 is 0. The van der Waals surface area contributed by atoms with Gasteiger partial charge in [-0.2, -0.15) is 0 Å². The number of hydrogen-bond donors (Lipinski definition) is 1. The Kier molecular flexibility index (Phi) is 6.50. The number of aryl methyl sites for hydroxylation is 1. The maximum atomic E-state index is 13.0. The van der Waals surface area contributed by atoms with E-state index in [-0.39, 0.29) is 17.0 Å². The van der Waals surface area contributed by atoms with Crippen LogP contribution in [0.2, 0.25) is 0 Å². The van der Waals surface area contributed by atoms with Crippen LogP contribution in [0.5, 0.6) is 5.75 Å². The SMILES string of the molecule is CCOc1ccc2oc(C(=O)OC(C)C(=O)Nc3c(C)n(C)n(-c4ccccc4)c3=O)c(C)c2c1. The van der Waals surface area contributed by atoms with E-state index in [1.54, 1.807) is 55.9 Å². The van der Waals surface area contributed by atoms with Crippen molar-refractivity contribution in [3.8, 4) is 11.4 Å². The highest BCUT2D eigenvalue weighted by molar-refractivity contribution is 5.99. The highest BCUT2D eigenvalue weighted by Crippen LogP contribution is 2.29. The lowest BCUT2D eigenvalue weighted by molar-refractivity contribution is -0.123. The number of benzene rings is 2. The van der Waals surface area contributed by atoms with Crippen LogP contribution in [0.1, 0.15) is 35.7 Å². The Bertz CT molecular complexity index is 1460. The first-order chi connectivity index (χ1) is 16.7. The van der Waals surface area contributed by atoms with Gasteiger partial charge in [-0.1, -0.05) is 18.2 Å². The molecule has 1 amide bonds. The van der Waals surface area contributed by atoms with Crippen molar-refractivity contribution in [1.82, 2.24) is 9.36 Å². The fourth-order valence-electron chi connectivity index (χ4n) is 3.86. The van der Waals surface area contributed by atoms with E-state index in [4.69, 9.17) is 13.9 Å². The Morgan fingerprint density at radius 1 is 1.11 bits per heavy atom. The fourth-order valence-corrected chi connectivity index (χ4v) is 3.86. The van der Waals surface area contributed by atoms with E-state index in [1.807, 2.05) is 25.1 Å². The molecule has 0 saturated heterocycles. The summed E-state index contributed by atoms with van der Waals surface area (Å²) in [4.78, 5) is 38.6. The third-order valence-electron chi connectivity index (χ3n) is 5.86. The van der Waals surface area contributed by atoms with Crippen LogP contribution < -0.4 is 15.6 Å². The van der Waals surface area contributed by atoms with E-state index in [1.165, 1.54) is 11.6 Å². The second-order valence-corrected chi connectivity index (χ2v) is 8.12. The number of esters is 1. The molecule has 0 bridgehead atoms. The highest BCUT2D eigenvalue weighted by Gasteiger charge is 2.26. The van der Waals surface area contributed by atoms with Crippen molar-refractivity contribution < 1.29 is 23.5 Å². The second kappa shape index (κ2) is 9.54. The number of carbonyl (C=O) groups excluding carboxylic acids is 2. The summed E-state index contributed by atoms with van der Waals surface area (Å²) in [6.07, 6.45) is -1.17. The van der Waals surface area contributed by atoms with E-state index >= 15 is 0 Å². The number of ether oxygens (including phenoxy) is 2. The van der Waals surface area contributed by atoms with Gasteiger partial charge in [-0.25, -0.2) is 9.48 Å². The molecule has 2 aromatic heterocycles. The average Bonchev–Trinajstić information content (AvgIpc) is 3.28. The van der Waals surface area contributed by atoms with Gasteiger partial charge in [0.2, 0.25) is 5.76 Å². The first-order valence-corrected chi connectivity index (χ1v) is 11.2. The number of hydrogen-bond acceptors (Lipinski definition) is 6. The minimum absolute atomic E-state index is 0.00984. The fraction of sp³-hybridized carbons (Fsp3) is 0.269. The molecule has 0 spiro atoms. The number of para-hydroxylation sites is 1. The number of nitrogens with one attached hydrogen (secondary N) is 1. The molecule has 0 saturated carbocycles. The van der Waals surface area contributed by atoms with Gasteiger partial charge in [-0.05, 0) is 58.0 Å². The molecular formula is C26H27N3O6. The summed E-state index contributed by atoms with van der Waals surface area (Å²) in [6.45, 7) is 7.30. The first kappa shape index (κ1) is 23.9. The summed E-state index contributed by atoms with van der Waals surface area (Å²) in [6, 6.07) is 14.3. The Balaban J connectivity index is 1.52. The van der Waals surface area contributed by atoms with Crippen molar-refractivity contribution in [3.63, 3.8) is 0 Å². The van der Waals surface area contributed by atoms with E-state index in [9.17, 15) is 14.4 Å². The number of nitrogens with zero attached hydrogens (tertiary/aromatic N) is 2. The smallest absolute Gasteiger partial charge is 0.375 e. The standard InChI is InChI=1S/C26H27N3O6/c1-6-33-19-12-13-21-20(14-19)15(2)23(35-21)26(32)34-17(4)24(30)27-22-16(3)28(5)29(25(22)31)18-10-8-7-9-11-18/h7-14,17H,6H2,1-5H3,(H,27,30). The molecule has 182 valence electrons. The summed E-state index contributed by atoms with van der Waals surface area (Å²) in [7, 11) is 1.73. The zero-order chi connectivity index (χ0) is 25.3. The Labute approximate surface area is 201 Å². The molecule has 1 unspecified atom stereocenters. The molecule has 0 fully saturated rings. The molecule has 0 aliphatic heterocycles. The van der Waals surface area contributed by atoms with Crippen LogP contribution in [-0.4, -0.2) is 34.0 Å². The molecule has 9 heteroatoms. The van der Waals surface area contributed by atoms with Gasteiger partial charge >= 0.3 is 5.97 Å². The number of carbonyl (C=O) groups is 2. The number of furan rings is 1. The zero-order valence-corrected chi connectivity index (χ0v) is 20.2. The van der Waals surface area contributed by atoms with Crippen molar-refractivity contribution in [2.24, 2.45) is 7.05 Å². The number of aromatic nitrogens is 2. The molecule has 4 rings (SSSR count). The number of amides is 1. The second-order valence-electron chi connectivity index (χ2n) is 8.12. The summed E-state index contributed by atoms with van der Waals surface area (Å²) < 4.78 is 19.7. The molecule has 2 aromatic carbocycles. The van der Waals surface area contributed by atoms with Crippen LogP contribution in [0.4, 0.5) is 5.69 Å². The van der Waals surface area contributed by atoms with Crippen LogP contribution in [0, 0.1) is 13.8 Å². The van der Waals surface area contributed by atoms with E-state index in [0.29, 0.717) is 34.9 Å². The molecule has 4 aromatic rings. The summed E-state index contributed by atoms with van der Waals surface area (Å²) in [5, 5.41) is 3.33. The minimum atomic E-state index is -1.17. The predicted molar refractivity (Wildman–Crippen MR) is 131 cm³/mol. The molecule has 0 aliphatic rings. The van der Waals surface area contributed by atoms with E-state index < -0.39 is 18.0 Å². The van der Waals surface area contributed by atoms with Gasteiger partial charge in [0.25, 0.3) is 11.5 Å². The molecule has 0 radical (unpaired) electrons. The normalized spacial score (nSPS) is 11.9. The minimum Gasteiger partial charge on any atom is -0.494 e. The topological polar surface area (TPSA) is 105 Å². The van der Waals surface area contributed by atoms with Gasteiger partial charge in [0.1, 0.15) is 17.0 Å². The van der Waals surface area contributed by atoms with Crippen molar-refractivity contribution in [2.75, 3.05) is 11.9 Å². The average molecular weight is 478 g/mol. The Hall–Kier alpha value is -4.27. The maximum absolute atomic E-state index is 13.0. The monoisotopic (exact) mass is 477 g/mol. The maximum Gasteiger partial charge on any atom is 0.375 e. The van der Waals surface area contributed by atoms with Gasteiger partial charge < -0.3 is 19.2 Å². The van der Waals surface area contributed by atoms with Gasteiger partial charge in [0.05, 0.1) is 18.0 Å². The third kappa shape index (κ3) is 4.44. The molecule has 2 heterocycles. The Morgan fingerprint density at radius 2 is 1.83 bits per heavy atom. The number of anilines is 1. The lowest BCUT2D eigenvalue weighted by Crippen LogP contribution is -2.32. The lowest BCUT2D eigenvalue weighted by Gasteiger charge is -2.12. The van der Waals surface area contributed by atoms with E-state index in [2.05, 4.69) is 5.32 Å². The zero-order valence-electron chi connectivity index (χ0n) is 20.2. The Morgan fingerprint density at radius 3 is 2.51 bits per heavy atom. The molecule has 0 aliphatic carbocycles. The predicted octanol–water partition coefficient (Wildman–Crippen LogP) is 4.12. The molecular weight excluding hydrogens is 450 g/mol. The molecule has 1 N–H and O–H groups in total. The van der Waals surface area contributed by atoms with Gasteiger partial charge in [0.15, 0.2) is 6.10 Å². The molecule has 35 heavy (non-hydrogen) atoms. The largest absolute Gasteiger partial charge is 0.494 e. The van der Waals surface area contributed by atoms with Crippen molar-refractivity contribution >= 4 is 28.5 Å². The van der Waals surface area contributed by atoms with Crippen molar-refractivity contribution in [2.45, 2.75) is 33.8 Å². The third-order valence-corrected chi connectivity index (χ3v) is 5.86. The first-order valence-electron chi connectivity index (χ1n) is 11.2. The van der Waals surface area contributed by atoms with Gasteiger partial charge in [-0.15, -0.1) is 0 Å². The summed E-state index contributed by atoms with van der Waals surface area (Å²) in [5.74, 6) is -0.728. The lowest BCUT2D eigenvalue weighted by atomic mass is 10.1. The van der Waals surface area contributed by atoms with Gasteiger partial charge in [0, 0.05) is 18.0 Å². The van der Waals surface area contributed by atoms with Crippen LogP contribution in [0.15, 0.2) is 57.7 Å². The number of fused-ring (bicyclic) bond motifs is 1. The highest BCUT2D eigenvalue weighted by atomic mass is 16.6. The van der Waals surface area contributed by atoms with Crippen LogP contribution in [-0.2, 0) is 16.6 Å². The molecule has 9 nitrogen and oxygen atoms in total. The van der Waals surface area contributed by atoms with Crippen LogP contribution in [0.3, 0.4) is 0 Å². The van der Waals surface area contributed by atoms with Crippen molar-refractivity contribution in [3.05, 3.63) is 75.9 Å². The quantitative estimate of drug-likeness (QED) is 0.402. The van der Waals surface area contributed by atoms with E-state index in [0.717, 1.165) is 5.39 Å². The van der Waals surface area contributed by atoms with Crippen LogP contribution >= 0.6 is 0 Å². The van der Waals surface area contributed by atoms with Crippen molar-refractivity contribution in [1.29, 1.82) is 0 Å². The number of rotatable bonds is 7. The van der Waals surface area contributed by atoms with Gasteiger partial charge in [-0.3, -0.25) is 14.3 Å². The summed E-state index contributed by atoms with van der Waals surface area (Å²) in [5.41, 5.74) is 2.05. The molecule has 1 atom stereocenters.